The molecule has 0 aliphatic carbocycles. The number of aliphatic imine (C=N–C) groups is 1. The predicted molar refractivity (Wildman–Crippen MR) is 84.8 cm³/mol. The molecule has 1 rings (SSSR count). The molecule has 0 fully saturated rings. The Morgan fingerprint density at radius 2 is 2.00 bits per heavy atom. The normalized spacial score (nSPS) is 11.2. The minimum Gasteiger partial charge on any atom is -0.377 e. The molecule has 0 unspecified atom stereocenters. The summed E-state index contributed by atoms with van der Waals surface area (Å²) in [5, 5.41) is 6.40. The minimum absolute atomic E-state index is 0.635. The maximum Gasteiger partial charge on any atom is 0.191 e. The molecule has 0 saturated heterocycles. The molecule has 2 N–H and O–H groups in total. The number of hydrogen-bond acceptors (Lipinski definition) is 2. The summed E-state index contributed by atoms with van der Waals surface area (Å²) in [6.45, 7) is 11.3. The number of nitrogens with one attached hydrogen (secondary N) is 2. The van der Waals surface area contributed by atoms with Gasteiger partial charge in [0.05, 0.1) is 13.2 Å². The fraction of sp³-hybridized carbons (Fsp3) is 0.438. The highest BCUT2D eigenvalue weighted by molar-refractivity contribution is 5.79. The van der Waals surface area contributed by atoms with Gasteiger partial charge in [0.2, 0.25) is 0 Å². The van der Waals surface area contributed by atoms with E-state index in [9.17, 15) is 0 Å². The molecule has 0 amide bonds. The molecule has 0 heterocycles. The van der Waals surface area contributed by atoms with Gasteiger partial charge >= 0.3 is 0 Å². The number of guanidine groups is 1. The Balaban J connectivity index is 2.71. The lowest BCUT2D eigenvalue weighted by Gasteiger charge is -2.11. The molecule has 0 bridgehead atoms. The van der Waals surface area contributed by atoms with E-state index in [0.29, 0.717) is 19.7 Å². The maximum atomic E-state index is 5.49. The van der Waals surface area contributed by atoms with Crippen LogP contribution in [0.1, 0.15) is 25.0 Å². The van der Waals surface area contributed by atoms with Gasteiger partial charge in [0.15, 0.2) is 5.96 Å². The molecule has 4 heteroatoms. The Labute approximate surface area is 121 Å². The van der Waals surface area contributed by atoms with Crippen LogP contribution in [0.2, 0.25) is 0 Å². The fourth-order valence-corrected chi connectivity index (χ4v) is 1.74. The van der Waals surface area contributed by atoms with E-state index in [2.05, 4.69) is 34.3 Å². The summed E-state index contributed by atoms with van der Waals surface area (Å²) in [4.78, 5) is 4.58. The molecule has 0 spiro atoms. The van der Waals surface area contributed by atoms with Crippen LogP contribution >= 0.6 is 0 Å². The van der Waals surface area contributed by atoms with E-state index >= 15 is 0 Å². The van der Waals surface area contributed by atoms with Crippen molar-refractivity contribution in [3.63, 3.8) is 0 Å². The Morgan fingerprint density at radius 3 is 2.65 bits per heavy atom. The first-order chi connectivity index (χ1) is 9.81. The van der Waals surface area contributed by atoms with Crippen LogP contribution in [0.4, 0.5) is 0 Å². The molecule has 0 radical (unpaired) electrons. The van der Waals surface area contributed by atoms with Gasteiger partial charge in [-0.25, -0.2) is 4.99 Å². The van der Waals surface area contributed by atoms with Gasteiger partial charge in [-0.3, -0.25) is 0 Å². The molecule has 0 saturated carbocycles. The zero-order valence-electron chi connectivity index (χ0n) is 12.5. The second-order valence-electron chi connectivity index (χ2n) is 4.27. The molecule has 0 aliphatic rings. The summed E-state index contributed by atoms with van der Waals surface area (Å²) in [5.74, 6) is 0.804. The van der Waals surface area contributed by atoms with E-state index in [1.165, 1.54) is 11.1 Å². The van der Waals surface area contributed by atoms with Crippen LogP contribution in [0.15, 0.2) is 41.9 Å². The Kier molecular flexibility index (Phi) is 8.15. The van der Waals surface area contributed by atoms with E-state index in [0.717, 1.165) is 19.1 Å². The van der Waals surface area contributed by atoms with E-state index in [1.807, 2.05) is 32.1 Å². The van der Waals surface area contributed by atoms with E-state index in [1.54, 1.807) is 0 Å². The van der Waals surface area contributed by atoms with Crippen molar-refractivity contribution in [1.29, 1.82) is 0 Å². The third-order valence-corrected chi connectivity index (χ3v) is 2.75. The SMILES string of the molecule is C=CCNC(=NCc1ccccc1COCC)NCC. The molecular formula is C16H25N3O. The van der Waals surface area contributed by atoms with E-state index in [4.69, 9.17) is 4.74 Å². The lowest BCUT2D eigenvalue weighted by Crippen LogP contribution is -2.37. The summed E-state index contributed by atoms with van der Waals surface area (Å²) in [7, 11) is 0. The first kappa shape index (κ1) is 16.2. The third-order valence-electron chi connectivity index (χ3n) is 2.75. The van der Waals surface area contributed by atoms with Gasteiger partial charge in [-0.15, -0.1) is 6.58 Å². The van der Waals surface area contributed by atoms with E-state index in [-0.39, 0.29) is 0 Å². The fourth-order valence-electron chi connectivity index (χ4n) is 1.74. The summed E-state index contributed by atoms with van der Waals surface area (Å²) in [6.07, 6.45) is 1.82. The van der Waals surface area contributed by atoms with Crippen LogP contribution in [-0.4, -0.2) is 25.7 Å². The van der Waals surface area contributed by atoms with Crippen LogP contribution < -0.4 is 10.6 Å². The van der Waals surface area contributed by atoms with Crippen LogP contribution in [-0.2, 0) is 17.9 Å². The monoisotopic (exact) mass is 275 g/mol. The van der Waals surface area contributed by atoms with Crippen molar-refractivity contribution in [3.8, 4) is 0 Å². The molecule has 20 heavy (non-hydrogen) atoms. The summed E-state index contributed by atoms with van der Waals surface area (Å²) < 4.78 is 5.49. The molecule has 0 aromatic heterocycles. The molecule has 1 aromatic carbocycles. The Morgan fingerprint density at radius 1 is 1.25 bits per heavy atom. The Hall–Kier alpha value is -1.81. The van der Waals surface area contributed by atoms with Crippen molar-refractivity contribution in [1.82, 2.24) is 10.6 Å². The van der Waals surface area contributed by atoms with Crippen molar-refractivity contribution < 1.29 is 4.74 Å². The lowest BCUT2D eigenvalue weighted by atomic mass is 10.1. The van der Waals surface area contributed by atoms with Crippen molar-refractivity contribution >= 4 is 5.96 Å². The Bertz CT molecular complexity index is 429. The molecule has 4 nitrogen and oxygen atoms in total. The van der Waals surface area contributed by atoms with Crippen molar-refractivity contribution in [2.45, 2.75) is 27.0 Å². The molecular weight excluding hydrogens is 250 g/mol. The zero-order valence-corrected chi connectivity index (χ0v) is 12.5. The predicted octanol–water partition coefficient (Wildman–Crippen LogP) is 2.46. The largest absolute Gasteiger partial charge is 0.377 e. The second-order valence-corrected chi connectivity index (χ2v) is 4.27. The van der Waals surface area contributed by atoms with Gasteiger partial charge in [0.1, 0.15) is 0 Å². The molecule has 0 aliphatic heterocycles. The number of hydrogen-bond donors (Lipinski definition) is 2. The van der Waals surface area contributed by atoms with Crippen LogP contribution in [0.25, 0.3) is 0 Å². The number of benzene rings is 1. The van der Waals surface area contributed by atoms with E-state index < -0.39 is 0 Å². The number of rotatable bonds is 8. The van der Waals surface area contributed by atoms with Gasteiger partial charge in [-0.2, -0.15) is 0 Å². The zero-order chi connectivity index (χ0) is 14.6. The highest BCUT2D eigenvalue weighted by Gasteiger charge is 2.02. The van der Waals surface area contributed by atoms with Crippen molar-refractivity contribution in [2.24, 2.45) is 4.99 Å². The average Bonchev–Trinajstić information content (AvgIpc) is 2.48. The molecule has 1 aromatic rings. The van der Waals surface area contributed by atoms with Crippen LogP contribution in [0.3, 0.4) is 0 Å². The van der Waals surface area contributed by atoms with Gasteiger partial charge in [0, 0.05) is 19.7 Å². The van der Waals surface area contributed by atoms with Gasteiger partial charge in [-0.05, 0) is 25.0 Å². The number of ether oxygens (including phenoxy) is 1. The first-order valence-electron chi connectivity index (χ1n) is 7.09. The summed E-state index contributed by atoms with van der Waals surface area (Å²) in [5.41, 5.74) is 2.38. The summed E-state index contributed by atoms with van der Waals surface area (Å²) in [6, 6.07) is 8.24. The molecule has 110 valence electrons. The first-order valence-corrected chi connectivity index (χ1v) is 7.09. The van der Waals surface area contributed by atoms with Gasteiger partial charge < -0.3 is 15.4 Å². The second kappa shape index (κ2) is 10.0. The summed E-state index contributed by atoms with van der Waals surface area (Å²) >= 11 is 0. The lowest BCUT2D eigenvalue weighted by molar-refractivity contribution is 0.133. The smallest absolute Gasteiger partial charge is 0.191 e. The third kappa shape index (κ3) is 5.89. The standard InChI is InChI=1S/C16H25N3O/c1-4-11-18-16(17-5-2)19-12-14-9-7-8-10-15(14)13-20-6-3/h4,7-10H,1,5-6,11-13H2,2-3H3,(H2,17,18,19). The minimum atomic E-state index is 0.635. The topological polar surface area (TPSA) is 45.7 Å². The van der Waals surface area contributed by atoms with Crippen molar-refractivity contribution in [2.75, 3.05) is 19.7 Å². The highest BCUT2D eigenvalue weighted by atomic mass is 16.5. The van der Waals surface area contributed by atoms with Gasteiger partial charge in [0.25, 0.3) is 0 Å². The van der Waals surface area contributed by atoms with Crippen LogP contribution in [0, 0.1) is 0 Å². The average molecular weight is 275 g/mol. The van der Waals surface area contributed by atoms with Crippen molar-refractivity contribution in [3.05, 3.63) is 48.0 Å². The maximum absolute atomic E-state index is 5.49. The quantitative estimate of drug-likeness (QED) is 0.435. The van der Waals surface area contributed by atoms with Gasteiger partial charge in [-0.1, -0.05) is 30.3 Å². The highest BCUT2D eigenvalue weighted by Crippen LogP contribution is 2.11. The molecule has 0 atom stereocenters. The number of nitrogens with zero attached hydrogens (tertiary/aromatic N) is 1. The van der Waals surface area contributed by atoms with Crippen LogP contribution in [0.5, 0.6) is 0 Å².